The van der Waals surface area contributed by atoms with E-state index in [4.69, 9.17) is 9.47 Å². The number of nitrogens with one attached hydrogen (secondary N) is 1. The lowest BCUT2D eigenvalue weighted by Crippen LogP contribution is -2.32. The minimum Gasteiger partial charge on any atom is -0.486 e. The third-order valence-electron chi connectivity index (χ3n) is 2.46. The largest absolute Gasteiger partial charge is 0.486 e. The number of carbonyl (C=O) groups is 1. The maximum absolute atomic E-state index is 11.9. The molecule has 0 spiro atoms. The first-order chi connectivity index (χ1) is 9.44. The van der Waals surface area contributed by atoms with E-state index in [0.29, 0.717) is 30.3 Å². The Labute approximate surface area is 113 Å². The molecule has 1 N–H and O–H groups in total. The Kier molecular flexibility index (Phi) is 4.16. The fraction of sp³-hybridized carbons (Fsp3) is 0.308. The second-order valence-electron chi connectivity index (χ2n) is 4.07. The molecular weight excluding hydrogens is 275 g/mol. The number of fused-ring (bicyclic) bond motifs is 1. The average Bonchev–Trinajstić information content (AvgIpc) is 2.42. The maximum Gasteiger partial charge on any atom is 0.405 e. The minimum atomic E-state index is -4.42. The fourth-order valence-electron chi connectivity index (χ4n) is 1.58. The third kappa shape index (κ3) is 4.18. The first kappa shape index (κ1) is 14.2. The molecule has 0 aliphatic carbocycles. The number of rotatable bonds is 3. The smallest absolute Gasteiger partial charge is 0.405 e. The van der Waals surface area contributed by atoms with Gasteiger partial charge in [0.1, 0.15) is 19.8 Å². The van der Waals surface area contributed by atoms with Crippen LogP contribution >= 0.6 is 0 Å². The van der Waals surface area contributed by atoms with E-state index in [1.165, 1.54) is 6.08 Å². The summed E-state index contributed by atoms with van der Waals surface area (Å²) in [7, 11) is 0. The number of hydrogen-bond acceptors (Lipinski definition) is 3. The second-order valence-corrected chi connectivity index (χ2v) is 4.07. The summed E-state index contributed by atoms with van der Waals surface area (Å²) in [6.45, 7) is -0.439. The van der Waals surface area contributed by atoms with Crippen molar-refractivity contribution in [1.29, 1.82) is 0 Å². The van der Waals surface area contributed by atoms with Crippen molar-refractivity contribution < 1.29 is 27.4 Å². The molecule has 1 aromatic rings. The maximum atomic E-state index is 11.9. The van der Waals surface area contributed by atoms with Crippen molar-refractivity contribution in [2.75, 3.05) is 19.8 Å². The summed E-state index contributed by atoms with van der Waals surface area (Å²) < 4.78 is 46.4. The van der Waals surface area contributed by atoms with Gasteiger partial charge < -0.3 is 14.8 Å². The number of alkyl halides is 3. The van der Waals surface area contributed by atoms with E-state index < -0.39 is 18.6 Å². The van der Waals surface area contributed by atoms with Crippen LogP contribution in [0.2, 0.25) is 0 Å². The molecule has 1 aromatic carbocycles. The molecule has 1 aliphatic heterocycles. The lowest BCUT2D eigenvalue weighted by atomic mass is 10.2. The summed E-state index contributed by atoms with van der Waals surface area (Å²) >= 11 is 0. The van der Waals surface area contributed by atoms with Crippen molar-refractivity contribution in [1.82, 2.24) is 5.32 Å². The Hall–Kier alpha value is -2.18. The quantitative estimate of drug-likeness (QED) is 0.867. The predicted octanol–water partition coefficient (Wildman–Crippen LogP) is 2.15. The van der Waals surface area contributed by atoms with Crippen LogP contribution in [0, 0.1) is 0 Å². The van der Waals surface area contributed by atoms with Gasteiger partial charge in [-0.3, -0.25) is 4.79 Å². The van der Waals surface area contributed by atoms with E-state index in [1.807, 2.05) is 0 Å². The van der Waals surface area contributed by atoms with Crippen LogP contribution in [0.15, 0.2) is 24.3 Å². The Morgan fingerprint density at radius 3 is 2.65 bits per heavy atom. The molecule has 0 saturated carbocycles. The van der Waals surface area contributed by atoms with Crippen molar-refractivity contribution in [3.05, 3.63) is 29.8 Å². The van der Waals surface area contributed by atoms with Gasteiger partial charge in [-0.25, -0.2) is 0 Å². The first-order valence-corrected chi connectivity index (χ1v) is 5.86. The number of amides is 1. The average molecular weight is 287 g/mol. The molecule has 1 amide bonds. The standard InChI is InChI=1S/C13H12F3NO3/c14-13(15,16)8-17-12(18)4-2-9-1-3-10-11(7-9)20-6-5-19-10/h1-4,7H,5-6,8H2,(H,17,18)/b4-2+. The monoisotopic (exact) mass is 287 g/mol. The van der Waals surface area contributed by atoms with E-state index in [-0.39, 0.29) is 0 Å². The molecule has 7 heteroatoms. The summed E-state index contributed by atoms with van der Waals surface area (Å²) in [5.41, 5.74) is 0.636. The molecule has 0 saturated heterocycles. The normalized spacial score (nSPS) is 14.3. The third-order valence-corrected chi connectivity index (χ3v) is 2.46. The second kappa shape index (κ2) is 5.85. The Balaban J connectivity index is 1.95. The fourth-order valence-corrected chi connectivity index (χ4v) is 1.58. The summed E-state index contributed by atoms with van der Waals surface area (Å²) in [5, 5.41) is 1.75. The first-order valence-electron chi connectivity index (χ1n) is 5.86. The highest BCUT2D eigenvalue weighted by molar-refractivity contribution is 5.91. The zero-order chi connectivity index (χ0) is 14.6. The predicted molar refractivity (Wildman–Crippen MR) is 65.5 cm³/mol. The molecule has 0 radical (unpaired) electrons. The van der Waals surface area contributed by atoms with Gasteiger partial charge in [-0.05, 0) is 23.8 Å². The van der Waals surface area contributed by atoms with Gasteiger partial charge in [0.05, 0.1) is 0 Å². The van der Waals surface area contributed by atoms with Crippen molar-refractivity contribution in [3.63, 3.8) is 0 Å². The molecule has 1 aliphatic rings. The summed E-state index contributed by atoms with van der Waals surface area (Å²) in [6.07, 6.45) is -1.97. The molecule has 108 valence electrons. The molecule has 20 heavy (non-hydrogen) atoms. The van der Waals surface area contributed by atoms with Crippen LogP contribution in [-0.2, 0) is 4.79 Å². The number of carbonyl (C=O) groups excluding carboxylic acids is 1. The van der Waals surface area contributed by atoms with E-state index in [0.717, 1.165) is 6.08 Å². The Morgan fingerprint density at radius 2 is 1.95 bits per heavy atom. The molecule has 0 fully saturated rings. The van der Waals surface area contributed by atoms with E-state index in [2.05, 4.69) is 0 Å². The van der Waals surface area contributed by atoms with Crippen molar-refractivity contribution >= 4 is 12.0 Å². The van der Waals surface area contributed by atoms with Gasteiger partial charge in [-0.1, -0.05) is 6.07 Å². The Morgan fingerprint density at radius 1 is 1.25 bits per heavy atom. The van der Waals surface area contributed by atoms with Crippen LogP contribution in [0.4, 0.5) is 13.2 Å². The number of benzene rings is 1. The van der Waals surface area contributed by atoms with Crippen LogP contribution in [0.5, 0.6) is 11.5 Å². The lowest BCUT2D eigenvalue weighted by molar-refractivity contribution is -0.135. The number of ether oxygens (including phenoxy) is 2. The van der Waals surface area contributed by atoms with Gasteiger partial charge >= 0.3 is 6.18 Å². The van der Waals surface area contributed by atoms with Crippen LogP contribution in [0.3, 0.4) is 0 Å². The molecule has 0 atom stereocenters. The van der Waals surface area contributed by atoms with Crippen LogP contribution in [0.1, 0.15) is 5.56 Å². The van der Waals surface area contributed by atoms with Crippen molar-refractivity contribution in [2.45, 2.75) is 6.18 Å². The molecule has 0 aromatic heterocycles. The van der Waals surface area contributed by atoms with Gasteiger partial charge in [0.15, 0.2) is 11.5 Å². The topological polar surface area (TPSA) is 47.6 Å². The van der Waals surface area contributed by atoms with Gasteiger partial charge in [0.2, 0.25) is 5.91 Å². The van der Waals surface area contributed by atoms with Gasteiger partial charge in [0.25, 0.3) is 0 Å². The SMILES string of the molecule is O=C(/C=C/c1ccc2c(c1)OCCO2)NCC(F)(F)F. The Bertz CT molecular complexity index is 526. The molecular formula is C13H12F3NO3. The van der Waals surface area contributed by atoms with Crippen molar-refractivity contribution in [3.8, 4) is 11.5 Å². The zero-order valence-electron chi connectivity index (χ0n) is 10.4. The summed E-state index contributed by atoms with van der Waals surface area (Å²) in [6, 6.07) is 5.02. The number of halogens is 3. The summed E-state index contributed by atoms with van der Waals surface area (Å²) in [4.78, 5) is 11.2. The molecule has 4 nitrogen and oxygen atoms in total. The van der Waals surface area contributed by atoms with Gasteiger partial charge in [0, 0.05) is 6.08 Å². The molecule has 1 heterocycles. The molecule has 0 unspecified atom stereocenters. The van der Waals surface area contributed by atoms with E-state index in [1.54, 1.807) is 23.5 Å². The lowest BCUT2D eigenvalue weighted by Gasteiger charge is -2.18. The van der Waals surface area contributed by atoms with E-state index in [9.17, 15) is 18.0 Å². The van der Waals surface area contributed by atoms with Gasteiger partial charge in [-0.2, -0.15) is 13.2 Å². The van der Waals surface area contributed by atoms with Crippen LogP contribution in [0.25, 0.3) is 6.08 Å². The van der Waals surface area contributed by atoms with Crippen molar-refractivity contribution in [2.24, 2.45) is 0 Å². The molecule has 0 bridgehead atoms. The summed E-state index contributed by atoms with van der Waals surface area (Å²) in [5.74, 6) is 0.348. The van der Waals surface area contributed by atoms with Gasteiger partial charge in [-0.15, -0.1) is 0 Å². The van der Waals surface area contributed by atoms with Crippen LogP contribution in [-0.4, -0.2) is 31.8 Å². The highest BCUT2D eigenvalue weighted by atomic mass is 19.4. The number of hydrogen-bond donors (Lipinski definition) is 1. The van der Waals surface area contributed by atoms with E-state index >= 15 is 0 Å². The molecule has 2 rings (SSSR count). The van der Waals surface area contributed by atoms with Crippen LogP contribution < -0.4 is 14.8 Å². The zero-order valence-corrected chi connectivity index (χ0v) is 10.4. The highest BCUT2D eigenvalue weighted by Crippen LogP contribution is 2.31. The minimum absolute atomic E-state index is 0.437. The highest BCUT2D eigenvalue weighted by Gasteiger charge is 2.27.